The third-order valence-corrected chi connectivity index (χ3v) is 5.58. The van der Waals surface area contributed by atoms with E-state index in [0.29, 0.717) is 13.1 Å². The molecule has 8 heteroatoms. The van der Waals surface area contributed by atoms with Crippen molar-refractivity contribution in [2.75, 3.05) is 25.0 Å². The molecule has 2 heterocycles. The van der Waals surface area contributed by atoms with Gasteiger partial charge >= 0.3 is 0 Å². The van der Waals surface area contributed by atoms with Gasteiger partial charge in [-0.15, -0.1) is 0 Å². The van der Waals surface area contributed by atoms with Crippen molar-refractivity contribution in [3.63, 3.8) is 0 Å². The number of nitrogens with one attached hydrogen (secondary N) is 1. The van der Waals surface area contributed by atoms with Crippen molar-refractivity contribution in [1.29, 1.82) is 0 Å². The number of nitrogens with zero attached hydrogens (tertiary/aromatic N) is 3. The third kappa shape index (κ3) is 3.75. The van der Waals surface area contributed by atoms with Crippen LogP contribution >= 0.6 is 0 Å². The summed E-state index contributed by atoms with van der Waals surface area (Å²) in [6.45, 7) is 4.83. The Kier molecular flexibility index (Phi) is 5.19. The second-order valence-electron chi connectivity index (χ2n) is 8.28. The lowest BCUT2D eigenvalue weighted by molar-refractivity contribution is -0.131. The van der Waals surface area contributed by atoms with E-state index in [4.69, 9.17) is 10.7 Å². The van der Waals surface area contributed by atoms with Gasteiger partial charge in [0.05, 0.1) is 18.6 Å². The Balaban J connectivity index is 1.73. The van der Waals surface area contributed by atoms with Crippen LogP contribution in [0.4, 0.5) is 14.5 Å². The van der Waals surface area contributed by atoms with E-state index in [1.807, 2.05) is 19.9 Å². The van der Waals surface area contributed by atoms with E-state index in [9.17, 15) is 13.6 Å². The molecular weight excluding hydrogens is 388 g/mol. The summed E-state index contributed by atoms with van der Waals surface area (Å²) < 4.78 is 27.3. The summed E-state index contributed by atoms with van der Waals surface area (Å²) in [6.07, 6.45) is -0.322. The highest BCUT2D eigenvalue weighted by Gasteiger charge is 2.48. The fourth-order valence-electron chi connectivity index (χ4n) is 4.32. The van der Waals surface area contributed by atoms with Gasteiger partial charge in [-0.3, -0.25) is 9.79 Å². The highest BCUT2D eigenvalue weighted by Crippen LogP contribution is 2.39. The first-order chi connectivity index (χ1) is 14.3. The minimum atomic E-state index is -0.443. The number of fused-ring (bicyclic) bond motifs is 1. The van der Waals surface area contributed by atoms with E-state index in [1.54, 1.807) is 23.1 Å². The summed E-state index contributed by atoms with van der Waals surface area (Å²) >= 11 is 0. The van der Waals surface area contributed by atoms with Gasteiger partial charge in [-0.2, -0.15) is 0 Å². The van der Waals surface area contributed by atoms with Gasteiger partial charge in [-0.05, 0) is 55.8 Å². The molecule has 2 aliphatic rings. The monoisotopic (exact) mass is 413 g/mol. The predicted molar refractivity (Wildman–Crippen MR) is 112 cm³/mol. The number of halogens is 2. The first kappa shape index (κ1) is 20.3. The Morgan fingerprint density at radius 3 is 2.60 bits per heavy atom. The van der Waals surface area contributed by atoms with Gasteiger partial charge in [-0.25, -0.2) is 8.78 Å². The van der Waals surface area contributed by atoms with Gasteiger partial charge in [0.1, 0.15) is 29.7 Å². The molecular formula is C22H25F2N5O. The molecule has 6 nitrogen and oxygen atoms in total. The van der Waals surface area contributed by atoms with Crippen molar-refractivity contribution in [2.45, 2.75) is 31.6 Å². The maximum Gasteiger partial charge on any atom is 0.236 e. The van der Waals surface area contributed by atoms with Gasteiger partial charge in [-0.1, -0.05) is 12.1 Å². The molecule has 2 aliphatic heterocycles. The maximum atomic E-state index is 14.0. The smallest absolute Gasteiger partial charge is 0.236 e. The minimum Gasteiger partial charge on any atom is -0.363 e. The lowest BCUT2D eigenvalue weighted by atomic mass is 9.95. The van der Waals surface area contributed by atoms with Gasteiger partial charge < -0.3 is 20.9 Å². The van der Waals surface area contributed by atoms with Crippen LogP contribution in [0.5, 0.6) is 0 Å². The average molecular weight is 413 g/mol. The number of aliphatic imine (C=N–C) groups is 1. The van der Waals surface area contributed by atoms with E-state index < -0.39 is 11.6 Å². The topological polar surface area (TPSA) is 74.0 Å². The second-order valence-corrected chi connectivity index (χ2v) is 8.28. The minimum absolute atomic E-state index is 0.0616. The Bertz CT molecular complexity index is 976. The van der Waals surface area contributed by atoms with E-state index >= 15 is 0 Å². The van der Waals surface area contributed by atoms with Crippen molar-refractivity contribution in [3.8, 4) is 0 Å². The number of anilines is 1. The molecule has 0 bridgehead atoms. The Morgan fingerprint density at radius 1 is 1.20 bits per heavy atom. The maximum absolute atomic E-state index is 14.0. The van der Waals surface area contributed by atoms with E-state index in [2.05, 4.69) is 10.2 Å². The van der Waals surface area contributed by atoms with Gasteiger partial charge in [0.15, 0.2) is 0 Å². The zero-order valence-corrected chi connectivity index (χ0v) is 17.0. The summed E-state index contributed by atoms with van der Waals surface area (Å²) in [5.74, 6) is -0.0540. The van der Waals surface area contributed by atoms with Crippen LogP contribution in [0.3, 0.4) is 0 Å². The fourth-order valence-corrected chi connectivity index (χ4v) is 4.32. The highest BCUT2D eigenvalue weighted by molar-refractivity contribution is 5.93. The number of rotatable bonds is 4. The van der Waals surface area contributed by atoms with Crippen molar-refractivity contribution in [2.24, 2.45) is 10.7 Å². The standard InChI is InChI=1S/C22H25F2N5O/c1-22(2)13-28(19(30)11-25)12-18-27-20(14-4-3-5-16(24)10-14)21(29(18)22)26-17-8-6-15(23)7-9-17/h3-10,20-21,26H,11-13,25H2,1-2H3. The molecule has 2 aromatic rings. The van der Waals surface area contributed by atoms with Crippen molar-refractivity contribution >= 4 is 17.4 Å². The molecule has 0 aliphatic carbocycles. The SMILES string of the molecule is CC1(C)CN(C(=O)CN)CC2=NC(c3cccc(F)c3)C(Nc3ccc(F)cc3)N21. The Morgan fingerprint density at radius 2 is 1.93 bits per heavy atom. The fraction of sp³-hybridized carbons (Fsp3) is 0.364. The lowest BCUT2D eigenvalue weighted by Crippen LogP contribution is -2.66. The number of amidine groups is 1. The van der Waals surface area contributed by atoms with Crippen LogP contribution in [-0.4, -0.2) is 52.9 Å². The molecule has 1 fully saturated rings. The number of benzene rings is 2. The van der Waals surface area contributed by atoms with E-state index in [1.165, 1.54) is 24.3 Å². The van der Waals surface area contributed by atoms with Gasteiger partial charge in [0, 0.05) is 12.2 Å². The molecule has 4 rings (SSSR count). The average Bonchev–Trinajstić information content (AvgIpc) is 3.08. The number of piperazine rings is 1. The highest BCUT2D eigenvalue weighted by atomic mass is 19.1. The molecule has 2 aromatic carbocycles. The predicted octanol–water partition coefficient (Wildman–Crippen LogP) is 2.74. The van der Waals surface area contributed by atoms with E-state index in [0.717, 1.165) is 17.1 Å². The normalized spacial score (nSPS) is 22.5. The molecule has 0 spiro atoms. The van der Waals surface area contributed by atoms with E-state index in [-0.39, 0.29) is 30.3 Å². The molecule has 2 atom stereocenters. The van der Waals surface area contributed by atoms with Gasteiger partial charge in [0.2, 0.25) is 5.91 Å². The van der Waals surface area contributed by atoms with Crippen molar-refractivity contribution in [3.05, 3.63) is 65.7 Å². The summed E-state index contributed by atoms with van der Waals surface area (Å²) in [6, 6.07) is 12.1. The molecule has 0 saturated carbocycles. The van der Waals surface area contributed by atoms with Crippen LogP contribution in [0.25, 0.3) is 0 Å². The van der Waals surface area contributed by atoms with Crippen molar-refractivity contribution in [1.82, 2.24) is 9.80 Å². The van der Waals surface area contributed by atoms with Crippen LogP contribution < -0.4 is 11.1 Å². The van der Waals surface area contributed by atoms with Crippen LogP contribution in [0.15, 0.2) is 53.5 Å². The molecule has 1 saturated heterocycles. The van der Waals surface area contributed by atoms with Gasteiger partial charge in [0.25, 0.3) is 0 Å². The second kappa shape index (κ2) is 7.68. The first-order valence-corrected chi connectivity index (χ1v) is 9.90. The number of hydrogen-bond donors (Lipinski definition) is 2. The largest absolute Gasteiger partial charge is 0.363 e. The summed E-state index contributed by atoms with van der Waals surface area (Å²) in [5, 5.41) is 3.44. The summed E-state index contributed by atoms with van der Waals surface area (Å²) in [7, 11) is 0. The Hall–Kier alpha value is -3.00. The lowest BCUT2D eigenvalue weighted by Gasteiger charge is -2.49. The molecule has 3 N–H and O–H groups in total. The van der Waals surface area contributed by atoms with Crippen LogP contribution in [0.1, 0.15) is 25.5 Å². The molecule has 2 unspecified atom stereocenters. The Labute approximate surface area is 174 Å². The van der Waals surface area contributed by atoms with Crippen LogP contribution in [0, 0.1) is 11.6 Å². The number of amides is 1. The zero-order valence-electron chi connectivity index (χ0n) is 17.0. The quantitative estimate of drug-likeness (QED) is 0.809. The molecule has 0 aromatic heterocycles. The first-order valence-electron chi connectivity index (χ1n) is 9.90. The zero-order chi connectivity index (χ0) is 21.5. The summed E-state index contributed by atoms with van der Waals surface area (Å²) in [5.41, 5.74) is 6.59. The molecule has 1 amide bonds. The number of hydrogen-bond acceptors (Lipinski definition) is 5. The summed E-state index contributed by atoms with van der Waals surface area (Å²) in [4.78, 5) is 21.0. The van der Waals surface area contributed by atoms with Crippen molar-refractivity contribution < 1.29 is 13.6 Å². The number of nitrogens with two attached hydrogens (primary N) is 1. The van der Waals surface area contributed by atoms with Crippen LogP contribution in [-0.2, 0) is 4.79 Å². The van der Waals surface area contributed by atoms with Crippen LogP contribution in [0.2, 0.25) is 0 Å². The number of carbonyl (C=O) groups excluding carboxylic acids is 1. The molecule has 158 valence electrons. The molecule has 30 heavy (non-hydrogen) atoms. The molecule has 0 radical (unpaired) electrons. The third-order valence-electron chi connectivity index (χ3n) is 5.58. The number of carbonyl (C=O) groups is 1.